The number of aryl methyl sites for hydroxylation is 1. The molecule has 7 heteroatoms. The van der Waals surface area contributed by atoms with E-state index in [0.29, 0.717) is 28.7 Å². The number of H-pyrrole nitrogens is 1. The minimum absolute atomic E-state index is 0.195. The van der Waals surface area contributed by atoms with Crippen LogP contribution in [-0.4, -0.2) is 27.7 Å². The molecular formula is C19H14N4O3. The largest absolute Gasteiger partial charge is 0.454 e. The number of nitrogens with zero attached hydrogens (tertiary/aromatic N) is 2. The van der Waals surface area contributed by atoms with Crippen molar-refractivity contribution in [2.45, 2.75) is 6.92 Å². The molecule has 0 saturated heterocycles. The minimum atomic E-state index is -0.721. The number of fused-ring (bicyclic) bond motifs is 1. The summed E-state index contributed by atoms with van der Waals surface area (Å²) in [5.74, 6) is 5.87. The van der Waals surface area contributed by atoms with Gasteiger partial charge in [-0.15, -0.1) is 0 Å². The summed E-state index contributed by atoms with van der Waals surface area (Å²) in [6, 6.07) is 11.3. The third-order valence-corrected chi connectivity index (χ3v) is 3.80. The molecule has 2 aromatic heterocycles. The van der Waals surface area contributed by atoms with Crippen LogP contribution < -0.4 is 15.2 Å². The fraction of sp³-hybridized carbons (Fsp3) is 0.105. The summed E-state index contributed by atoms with van der Waals surface area (Å²) in [5, 5.41) is 0. The Morgan fingerprint density at radius 3 is 2.85 bits per heavy atom. The van der Waals surface area contributed by atoms with Gasteiger partial charge in [0.1, 0.15) is 0 Å². The number of imidazole rings is 1. The van der Waals surface area contributed by atoms with E-state index in [1.165, 1.54) is 0 Å². The lowest BCUT2D eigenvalue weighted by atomic mass is 10.1. The zero-order valence-corrected chi connectivity index (χ0v) is 13.9. The summed E-state index contributed by atoms with van der Waals surface area (Å²) in [4.78, 5) is 23.1. The predicted molar refractivity (Wildman–Crippen MR) is 94.2 cm³/mol. The predicted octanol–water partition coefficient (Wildman–Crippen LogP) is 2.01. The molecule has 0 fully saturated rings. The number of hydrogen-bond acceptors (Lipinski definition) is 5. The van der Waals surface area contributed by atoms with Crippen molar-refractivity contribution in [2.75, 3.05) is 6.79 Å². The Labute approximate surface area is 149 Å². The Bertz CT molecular complexity index is 1080. The van der Waals surface area contributed by atoms with Gasteiger partial charge in [0.2, 0.25) is 6.79 Å². The van der Waals surface area contributed by atoms with Crippen molar-refractivity contribution in [1.29, 1.82) is 0 Å². The second-order valence-electron chi connectivity index (χ2n) is 5.66. The van der Waals surface area contributed by atoms with E-state index in [4.69, 9.17) is 15.2 Å². The van der Waals surface area contributed by atoms with Crippen LogP contribution >= 0.6 is 0 Å². The quantitative estimate of drug-likeness (QED) is 0.691. The van der Waals surface area contributed by atoms with Gasteiger partial charge in [0.05, 0.1) is 17.1 Å². The topological polar surface area (TPSA) is 103 Å². The molecule has 0 aliphatic carbocycles. The highest BCUT2D eigenvalue weighted by Gasteiger charge is 2.19. The molecule has 0 atom stereocenters. The second kappa shape index (κ2) is 6.26. The maximum absolute atomic E-state index is 10.9. The smallest absolute Gasteiger partial charge is 0.293 e. The molecule has 1 aliphatic heterocycles. The van der Waals surface area contributed by atoms with Crippen molar-refractivity contribution < 1.29 is 14.3 Å². The SMILES string of the molecule is Cc1cccc(-c2[nH]c(C#CC(N)=O)nc2-c2ccc3c(c2)OCO3)n1. The van der Waals surface area contributed by atoms with E-state index in [2.05, 4.69) is 26.8 Å². The number of carbonyl (C=O) groups is 1. The van der Waals surface area contributed by atoms with E-state index in [1.807, 2.05) is 43.3 Å². The number of nitrogens with one attached hydrogen (secondary N) is 1. The van der Waals surface area contributed by atoms with Crippen molar-refractivity contribution in [1.82, 2.24) is 15.0 Å². The number of pyridine rings is 1. The highest BCUT2D eigenvalue weighted by atomic mass is 16.7. The number of aromatic amines is 1. The summed E-state index contributed by atoms with van der Waals surface area (Å²) in [5.41, 5.74) is 8.84. The van der Waals surface area contributed by atoms with Gasteiger partial charge in [-0.2, -0.15) is 0 Å². The molecule has 3 aromatic rings. The number of primary amides is 1. The number of benzene rings is 1. The Morgan fingerprint density at radius 1 is 1.19 bits per heavy atom. The molecular weight excluding hydrogens is 332 g/mol. The Hall–Kier alpha value is -3.79. The van der Waals surface area contributed by atoms with Crippen molar-refractivity contribution in [3.8, 4) is 46.0 Å². The van der Waals surface area contributed by atoms with Gasteiger partial charge >= 0.3 is 0 Å². The van der Waals surface area contributed by atoms with Crippen LogP contribution in [0.4, 0.5) is 0 Å². The lowest BCUT2D eigenvalue weighted by molar-refractivity contribution is -0.112. The zero-order valence-electron chi connectivity index (χ0n) is 13.9. The van der Waals surface area contributed by atoms with E-state index < -0.39 is 5.91 Å². The van der Waals surface area contributed by atoms with Gasteiger partial charge < -0.3 is 20.2 Å². The van der Waals surface area contributed by atoms with Gasteiger partial charge in [0.15, 0.2) is 17.3 Å². The first kappa shape index (κ1) is 15.7. The van der Waals surface area contributed by atoms with Crippen LogP contribution in [0.5, 0.6) is 11.5 Å². The standard InChI is InChI=1S/C19H14N4O3/c1-11-3-2-4-13(21-11)19-18(22-17(23-19)8-7-16(20)24)12-5-6-14-15(9-12)26-10-25-14/h2-6,9H,10H2,1H3,(H2,20,24)(H,22,23). The Morgan fingerprint density at radius 2 is 2.04 bits per heavy atom. The summed E-state index contributed by atoms with van der Waals surface area (Å²) in [7, 11) is 0. The van der Waals surface area contributed by atoms with Crippen molar-refractivity contribution in [3.63, 3.8) is 0 Å². The first-order valence-electron chi connectivity index (χ1n) is 7.85. The molecule has 3 heterocycles. The van der Waals surface area contributed by atoms with Gasteiger partial charge in [0.25, 0.3) is 5.91 Å². The summed E-state index contributed by atoms with van der Waals surface area (Å²) in [6.07, 6.45) is 0. The maximum atomic E-state index is 10.9. The molecule has 7 nitrogen and oxygen atoms in total. The number of aromatic nitrogens is 3. The molecule has 3 N–H and O–H groups in total. The second-order valence-corrected chi connectivity index (χ2v) is 5.66. The van der Waals surface area contributed by atoms with Crippen molar-refractivity contribution >= 4 is 5.91 Å². The number of ether oxygens (including phenoxy) is 2. The molecule has 1 amide bonds. The highest BCUT2D eigenvalue weighted by Crippen LogP contribution is 2.37. The molecule has 4 rings (SSSR count). The number of hydrogen-bond donors (Lipinski definition) is 2. The number of amides is 1. The van der Waals surface area contributed by atoms with Crippen LogP contribution in [0.25, 0.3) is 22.6 Å². The molecule has 128 valence electrons. The van der Waals surface area contributed by atoms with Gasteiger partial charge in [-0.05, 0) is 43.2 Å². The molecule has 26 heavy (non-hydrogen) atoms. The minimum Gasteiger partial charge on any atom is -0.454 e. The van der Waals surface area contributed by atoms with Crippen molar-refractivity contribution in [3.05, 3.63) is 47.9 Å². The highest BCUT2D eigenvalue weighted by molar-refractivity contribution is 5.92. The van der Waals surface area contributed by atoms with E-state index in [9.17, 15) is 4.79 Å². The lowest BCUT2D eigenvalue weighted by Crippen LogP contribution is -2.06. The lowest BCUT2D eigenvalue weighted by Gasteiger charge is -2.04. The van der Waals surface area contributed by atoms with Crippen LogP contribution in [0.15, 0.2) is 36.4 Å². The van der Waals surface area contributed by atoms with Crippen LogP contribution in [0.1, 0.15) is 11.5 Å². The van der Waals surface area contributed by atoms with Crippen LogP contribution in [0, 0.1) is 18.8 Å². The summed E-state index contributed by atoms with van der Waals surface area (Å²) in [6.45, 7) is 2.11. The Kier molecular flexibility index (Phi) is 3.78. The third kappa shape index (κ3) is 2.96. The first-order valence-corrected chi connectivity index (χ1v) is 7.85. The number of carbonyl (C=O) groups excluding carboxylic acids is 1. The van der Waals surface area contributed by atoms with E-state index in [-0.39, 0.29) is 6.79 Å². The van der Waals surface area contributed by atoms with Crippen LogP contribution in [0.2, 0.25) is 0 Å². The van der Waals surface area contributed by atoms with E-state index in [0.717, 1.165) is 17.0 Å². The van der Waals surface area contributed by atoms with Gasteiger partial charge in [0, 0.05) is 17.2 Å². The third-order valence-electron chi connectivity index (χ3n) is 3.80. The van der Waals surface area contributed by atoms with E-state index >= 15 is 0 Å². The van der Waals surface area contributed by atoms with Gasteiger partial charge in [-0.25, -0.2) is 4.98 Å². The first-order chi connectivity index (χ1) is 12.6. The molecule has 0 unspecified atom stereocenters. The average Bonchev–Trinajstić information content (AvgIpc) is 3.26. The number of nitrogens with two attached hydrogens (primary N) is 1. The maximum Gasteiger partial charge on any atom is 0.293 e. The van der Waals surface area contributed by atoms with Crippen molar-refractivity contribution in [2.24, 2.45) is 5.73 Å². The molecule has 0 bridgehead atoms. The summed E-state index contributed by atoms with van der Waals surface area (Å²) >= 11 is 0. The molecule has 0 spiro atoms. The zero-order chi connectivity index (χ0) is 18.1. The average molecular weight is 346 g/mol. The Balaban J connectivity index is 1.87. The van der Waals surface area contributed by atoms with E-state index in [1.54, 1.807) is 0 Å². The fourth-order valence-electron chi connectivity index (χ4n) is 2.67. The van der Waals surface area contributed by atoms with Gasteiger partial charge in [-0.1, -0.05) is 6.07 Å². The number of rotatable bonds is 2. The normalized spacial score (nSPS) is 11.7. The van der Waals surface area contributed by atoms with Crippen LogP contribution in [-0.2, 0) is 4.79 Å². The molecule has 1 aliphatic rings. The summed E-state index contributed by atoms with van der Waals surface area (Å²) < 4.78 is 10.8. The van der Waals surface area contributed by atoms with Gasteiger partial charge in [-0.3, -0.25) is 9.78 Å². The van der Waals surface area contributed by atoms with Crippen LogP contribution in [0.3, 0.4) is 0 Å². The molecule has 0 radical (unpaired) electrons. The monoisotopic (exact) mass is 346 g/mol. The molecule has 0 saturated carbocycles. The molecule has 1 aromatic carbocycles. The fourth-order valence-corrected chi connectivity index (χ4v) is 2.67.